The number of carbonyl (C=O) groups is 1. The van der Waals surface area contributed by atoms with E-state index in [1.807, 2.05) is 17.2 Å². The normalized spacial score (nSPS) is 14.6. The van der Waals surface area contributed by atoms with Crippen LogP contribution in [0, 0.1) is 6.92 Å². The SMILES string of the molecule is Cc1nc(N)sc1C(=O)N(Cc1ccsc1)C1CC1. The highest BCUT2D eigenvalue weighted by Gasteiger charge is 2.34. The number of nitrogens with two attached hydrogens (primary N) is 1. The van der Waals surface area contributed by atoms with Crippen molar-refractivity contribution in [1.82, 2.24) is 9.88 Å². The monoisotopic (exact) mass is 293 g/mol. The van der Waals surface area contributed by atoms with E-state index in [0.717, 1.165) is 18.5 Å². The quantitative estimate of drug-likeness (QED) is 0.943. The predicted molar refractivity (Wildman–Crippen MR) is 78.5 cm³/mol. The first-order valence-corrected chi connectivity index (χ1v) is 7.96. The number of aromatic nitrogens is 1. The van der Waals surface area contributed by atoms with Crippen LogP contribution in [0.3, 0.4) is 0 Å². The van der Waals surface area contributed by atoms with E-state index in [4.69, 9.17) is 5.73 Å². The molecular formula is C13H15N3OS2. The van der Waals surface area contributed by atoms with Crippen molar-refractivity contribution in [2.24, 2.45) is 0 Å². The first-order valence-electron chi connectivity index (χ1n) is 6.20. The van der Waals surface area contributed by atoms with Crippen molar-refractivity contribution in [1.29, 1.82) is 0 Å². The maximum Gasteiger partial charge on any atom is 0.266 e. The van der Waals surface area contributed by atoms with Gasteiger partial charge >= 0.3 is 0 Å². The molecule has 2 heterocycles. The van der Waals surface area contributed by atoms with Gasteiger partial charge in [-0.2, -0.15) is 11.3 Å². The van der Waals surface area contributed by atoms with Crippen molar-refractivity contribution < 1.29 is 4.79 Å². The molecule has 2 aromatic rings. The molecule has 0 bridgehead atoms. The van der Waals surface area contributed by atoms with Gasteiger partial charge in [0.2, 0.25) is 0 Å². The highest BCUT2D eigenvalue weighted by atomic mass is 32.1. The number of hydrogen-bond acceptors (Lipinski definition) is 5. The van der Waals surface area contributed by atoms with Crippen LogP contribution >= 0.6 is 22.7 Å². The summed E-state index contributed by atoms with van der Waals surface area (Å²) in [6.07, 6.45) is 2.20. The first kappa shape index (κ1) is 12.6. The van der Waals surface area contributed by atoms with Crippen LogP contribution in [0.2, 0.25) is 0 Å². The summed E-state index contributed by atoms with van der Waals surface area (Å²) in [5.41, 5.74) is 7.62. The number of thiophene rings is 1. The van der Waals surface area contributed by atoms with E-state index in [0.29, 0.717) is 22.6 Å². The molecule has 1 aliphatic rings. The van der Waals surface area contributed by atoms with Crippen molar-refractivity contribution in [2.45, 2.75) is 32.4 Å². The van der Waals surface area contributed by atoms with Gasteiger partial charge in [0.15, 0.2) is 5.13 Å². The van der Waals surface area contributed by atoms with Crippen molar-refractivity contribution >= 4 is 33.7 Å². The smallest absolute Gasteiger partial charge is 0.266 e. The van der Waals surface area contributed by atoms with E-state index >= 15 is 0 Å². The first-order chi connectivity index (χ1) is 9.15. The average Bonchev–Trinajstić information content (AvgIpc) is 2.97. The predicted octanol–water partition coefficient (Wildman–Crippen LogP) is 2.90. The van der Waals surface area contributed by atoms with E-state index in [9.17, 15) is 4.79 Å². The Morgan fingerprint density at radius 3 is 2.89 bits per heavy atom. The molecule has 0 unspecified atom stereocenters. The van der Waals surface area contributed by atoms with Crippen LogP contribution in [0.5, 0.6) is 0 Å². The highest BCUT2D eigenvalue weighted by molar-refractivity contribution is 7.17. The zero-order valence-corrected chi connectivity index (χ0v) is 12.3. The number of nitrogens with zero attached hydrogens (tertiary/aromatic N) is 2. The molecule has 0 aromatic carbocycles. The third-order valence-corrected chi connectivity index (χ3v) is 4.90. The van der Waals surface area contributed by atoms with Gasteiger partial charge in [-0.15, -0.1) is 0 Å². The van der Waals surface area contributed by atoms with Gasteiger partial charge in [0.05, 0.1) is 5.69 Å². The summed E-state index contributed by atoms with van der Waals surface area (Å²) in [5, 5.41) is 4.60. The molecule has 6 heteroatoms. The summed E-state index contributed by atoms with van der Waals surface area (Å²) in [5.74, 6) is 0.0698. The van der Waals surface area contributed by atoms with Crippen molar-refractivity contribution in [3.63, 3.8) is 0 Å². The number of aryl methyl sites for hydroxylation is 1. The zero-order valence-electron chi connectivity index (χ0n) is 10.6. The van der Waals surface area contributed by atoms with Crippen LogP contribution in [0.1, 0.15) is 33.8 Å². The van der Waals surface area contributed by atoms with Crippen molar-refractivity contribution in [3.05, 3.63) is 33.0 Å². The molecule has 0 spiro atoms. The fraction of sp³-hybridized carbons (Fsp3) is 0.385. The van der Waals surface area contributed by atoms with Gasteiger partial charge in [-0.05, 0) is 42.2 Å². The Morgan fingerprint density at radius 1 is 1.58 bits per heavy atom. The molecule has 100 valence electrons. The fourth-order valence-electron chi connectivity index (χ4n) is 2.08. The van der Waals surface area contributed by atoms with Crippen LogP contribution < -0.4 is 5.73 Å². The van der Waals surface area contributed by atoms with Crippen LogP contribution in [0.15, 0.2) is 16.8 Å². The molecule has 0 saturated heterocycles. The lowest BCUT2D eigenvalue weighted by atomic mass is 10.2. The van der Waals surface area contributed by atoms with Crippen molar-refractivity contribution in [3.8, 4) is 0 Å². The summed E-state index contributed by atoms with van der Waals surface area (Å²) < 4.78 is 0. The Morgan fingerprint density at radius 2 is 2.37 bits per heavy atom. The second-order valence-electron chi connectivity index (χ2n) is 4.76. The van der Waals surface area contributed by atoms with E-state index in [1.165, 1.54) is 16.9 Å². The third-order valence-electron chi connectivity index (χ3n) is 3.19. The molecule has 0 radical (unpaired) electrons. The average molecular weight is 293 g/mol. The van der Waals surface area contributed by atoms with E-state index in [1.54, 1.807) is 11.3 Å². The minimum Gasteiger partial charge on any atom is -0.375 e. The number of hydrogen-bond donors (Lipinski definition) is 1. The van der Waals surface area contributed by atoms with Crippen LogP contribution in [0.4, 0.5) is 5.13 Å². The molecule has 1 aliphatic carbocycles. The highest BCUT2D eigenvalue weighted by Crippen LogP contribution is 2.32. The molecule has 1 saturated carbocycles. The number of anilines is 1. The fourth-order valence-corrected chi connectivity index (χ4v) is 3.53. The summed E-state index contributed by atoms with van der Waals surface area (Å²) in [4.78, 5) is 19.4. The Bertz CT molecular complexity index is 587. The molecule has 19 heavy (non-hydrogen) atoms. The minimum atomic E-state index is 0.0698. The van der Waals surface area contributed by atoms with Crippen LogP contribution in [-0.2, 0) is 6.54 Å². The van der Waals surface area contributed by atoms with E-state index in [-0.39, 0.29) is 5.91 Å². The maximum atomic E-state index is 12.6. The number of nitrogen functional groups attached to an aromatic ring is 1. The molecule has 2 N–H and O–H groups in total. The summed E-state index contributed by atoms with van der Waals surface area (Å²) in [7, 11) is 0. The second kappa shape index (κ2) is 4.94. The van der Waals surface area contributed by atoms with E-state index < -0.39 is 0 Å². The van der Waals surface area contributed by atoms with E-state index in [2.05, 4.69) is 16.4 Å². The van der Waals surface area contributed by atoms with Gasteiger partial charge < -0.3 is 10.6 Å². The third kappa shape index (κ3) is 2.64. The molecule has 0 aliphatic heterocycles. The lowest BCUT2D eigenvalue weighted by Gasteiger charge is -2.21. The molecule has 0 atom stereocenters. The summed E-state index contributed by atoms with van der Waals surface area (Å²) >= 11 is 2.95. The van der Waals surface area contributed by atoms with Crippen molar-refractivity contribution in [2.75, 3.05) is 5.73 Å². The zero-order chi connectivity index (χ0) is 13.4. The second-order valence-corrected chi connectivity index (χ2v) is 6.57. The molecule has 1 fully saturated rings. The Labute approximate surface area is 119 Å². The standard InChI is InChI=1S/C13H15N3OS2/c1-8-11(19-13(14)15-8)12(17)16(10-2-3-10)6-9-4-5-18-7-9/h4-5,7,10H,2-3,6H2,1H3,(H2,14,15). The molecule has 2 aromatic heterocycles. The summed E-state index contributed by atoms with van der Waals surface area (Å²) in [6.45, 7) is 2.53. The topological polar surface area (TPSA) is 59.2 Å². The van der Waals surface area contributed by atoms with Gasteiger partial charge in [-0.1, -0.05) is 11.3 Å². The molecule has 1 amide bonds. The number of carbonyl (C=O) groups excluding carboxylic acids is 1. The molecular weight excluding hydrogens is 278 g/mol. The lowest BCUT2D eigenvalue weighted by molar-refractivity contribution is 0.0734. The van der Waals surface area contributed by atoms with Gasteiger partial charge in [0.1, 0.15) is 4.88 Å². The van der Waals surface area contributed by atoms with Gasteiger partial charge in [-0.25, -0.2) is 4.98 Å². The van der Waals surface area contributed by atoms with Gasteiger partial charge in [0, 0.05) is 12.6 Å². The Balaban J connectivity index is 1.84. The Kier molecular flexibility index (Phi) is 3.28. The van der Waals surface area contributed by atoms with Gasteiger partial charge in [0.25, 0.3) is 5.91 Å². The van der Waals surface area contributed by atoms with Crippen LogP contribution in [0.25, 0.3) is 0 Å². The Hall–Kier alpha value is -1.40. The number of amides is 1. The van der Waals surface area contributed by atoms with Crippen LogP contribution in [-0.4, -0.2) is 21.8 Å². The molecule has 4 nitrogen and oxygen atoms in total. The summed E-state index contributed by atoms with van der Waals surface area (Å²) in [6, 6.07) is 2.46. The lowest BCUT2D eigenvalue weighted by Crippen LogP contribution is -2.32. The largest absolute Gasteiger partial charge is 0.375 e. The van der Waals surface area contributed by atoms with Gasteiger partial charge in [-0.3, -0.25) is 4.79 Å². The maximum absolute atomic E-state index is 12.6. The number of rotatable bonds is 4. The minimum absolute atomic E-state index is 0.0698. The number of thiazole rings is 1. The molecule has 3 rings (SSSR count).